The second kappa shape index (κ2) is 25.8. The summed E-state index contributed by atoms with van der Waals surface area (Å²) in [6, 6.07) is 1.41. The number of nitrogens with zero attached hydrogens (tertiary/aromatic N) is 4. The van der Waals surface area contributed by atoms with Crippen molar-refractivity contribution in [3.63, 3.8) is 0 Å². The summed E-state index contributed by atoms with van der Waals surface area (Å²) in [4.78, 5) is 57.3. The Kier molecular flexibility index (Phi) is 19.6. The van der Waals surface area contributed by atoms with Crippen molar-refractivity contribution in [2.45, 2.75) is 239 Å². The second-order valence-electron chi connectivity index (χ2n) is 26.3. The molecule has 8 aliphatic rings. The Balaban J connectivity index is 0.903. The van der Waals surface area contributed by atoms with E-state index in [2.05, 4.69) is 0 Å². The van der Waals surface area contributed by atoms with Crippen molar-refractivity contribution in [1.82, 2.24) is 20.3 Å². The zero-order valence-electron chi connectivity index (χ0n) is 53.0. The molecule has 10 N–H and O–H groups in total. The number of ketones is 2. The molecule has 0 spiro atoms. The maximum absolute atomic E-state index is 15.3. The Morgan fingerprint density at radius 2 is 1.29 bits per heavy atom. The fraction of sp³-hybridized carbons (Fsp3) is 0.733. The van der Waals surface area contributed by atoms with Crippen molar-refractivity contribution in [3.05, 3.63) is 51.1 Å². The van der Waals surface area contributed by atoms with Gasteiger partial charge in [0.25, 0.3) is 0 Å². The number of phenolic OH excluding ortho intramolecular Hbond substituents is 2. The van der Waals surface area contributed by atoms with Crippen LogP contribution in [-0.4, -0.2) is 265 Å². The number of fused-ring (bicyclic) bond motifs is 8. The first-order valence-electron chi connectivity index (χ1n) is 30.3. The molecule has 2 aromatic carbocycles. The van der Waals surface area contributed by atoms with E-state index in [1.54, 1.807) is 60.8 Å². The molecule has 508 valence electrons. The van der Waals surface area contributed by atoms with Crippen LogP contribution in [-0.2, 0) is 78.5 Å². The predicted molar refractivity (Wildman–Crippen MR) is 303 cm³/mol. The standard InChI is InChI=1S/C60H86N4O27/c1-24-45(68)31(61(8)9)18-36(81-24)85-33-21-57(5,74)20-29-40(33)48(71)42-43(47(29)70)49(72)41-28(46(42)69)14-15-30-52(41)90-56-50(73)44(62(10)11)55(59(30,7)91-56)89-39-23-60(80-13,64(77)78)54(27(4)84-39)88-38-22-58(6,63(75)76)53(26(3)83-38)87-37-19-32(79-12)51(25(2)82-37)86-35(67)17-16-34(65)66/h14-15,24-27,31-33,36-39,44-45,50-51,53-56,68,70-71,73-78H,16-23H2,1-13H3,(H,65,66). The van der Waals surface area contributed by atoms with Crippen molar-refractivity contribution in [3.8, 4) is 17.2 Å². The van der Waals surface area contributed by atoms with Gasteiger partial charge in [0.2, 0.25) is 17.8 Å². The lowest BCUT2D eigenvalue weighted by Gasteiger charge is -2.57. The Bertz CT molecular complexity index is 3080. The summed E-state index contributed by atoms with van der Waals surface area (Å²) in [5.74, 6) is -5.29. The molecule has 91 heavy (non-hydrogen) atoms. The molecule has 31 nitrogen and oxygen atoms in total. The van der Waals surface area contributed by atoms with Gasteiger partial charge in [-0.05, 0) is 87.9 Å². The van der Waals surface area contributed by atoms with E-state index in [1.165, 1.54) is 47.1 Å². The molecular formula is C60H86N4O27. The van der Waals surface area contributed by atoms with Gasteiger partial charge >= 0.3 is 11.9 Å². The van der Waals surface area contributed by atoms with E-state index in [-0.39, 0.29) is 82.5 Å². The zero-order chi connectivity index (χ0) is 66.6. The number of esters is 1. The summed E-state index contributed by atoms with van der Waals surface area (Å²) in [6.45, 7) is 10.9. The molecule has 0 amide bonds. The molecule has 10 rings (SSSR count). The Hall–Kier alpha value is -4.76. The SMILES string of the molecule is COC1CC(OC2C(C)OC(OC3C(C)OC(OC4C(N(C)C)C(O)C5Oc6c(ccc7c6C(=O)c6c(O)c8c(c(O)c6C7=O)C(OC6CC(N(C)C)C(O)C(C)O6)CC(C)(O)C8)C4(C)O5)CC3(OC)N(O)O)CC2(C)N(O)O)OC(C)C1OC(=O)CCC(=O)O. The summed E-state index contributed by atoms with van der Waals surface area (Å²) >= 11 is 0. The minimum atomic E-state index is -2.27. The van der Waals surface area contributed by atoms with E-state index in [1.807, 2.05) is 4.90 Å². The van der Waals surface area contributed by atoms with Crippen LogP contribution in [0.15, 0.2) is 12.1 Å². The molecule has 6 heterocycles. The highest BCUT2D eigenvalue weighted by molar-refractivity contribution is 6.31. The van der Waals surface area contributed by atoms with Gasteiger partial charge in [-0.2, -0.15) is 0 Å². The average molecular weight is 1300 g/mol. The molecular weight excluding hydrogens is 1210 g/mol. The maximum Gasteiger partial charge on any atom is 0.306 e. The molecule has 23 atom stereocenters. The van der Waals surface area contributed by atoms with Gasteiger partial charge in [0.05, 0.1) is 77.8 Å². The first-order valence-corrected chi connectivity index (χ1v) is 30.3. The molecule has 5 saturated heterocycles. The van der Waals surface area contributed by atoms with E-state index in [0.29, 0.717) is 0 Å². The van der Waals surface area contributed by atoms with E-state index >= 15 is 4.79 Å². The Morgan fingerprint density at radius 3 is 1.90 bits per heavy atom. The Labute approximate surface area is 524 Å². The smallest absolute Gasteiger partial charge is 0.306 e. The molecule has 0 radical (unpaired) electrons. The molecule has 6 aliphatic heterocycles. The molecule has 0 saturated carbocycles. The molecule has 2 bridgehead atoms. The number of hydrogen-bond acceptors (Lipinski definition) is 30. The number of ether oxygens (including phenoxy) is 13. The van der Waals surface area contributed by atoms with Gasteiger partial charge in [-0.15, -0.1) is 0 Å². The Morgan fingerprint density at radius 1 is 0.681 bits per heavy atom. The average Bonchev–Trinajstić information content (AvgIpc) is 0.698. The fourth-order valence-corrected chi connectivity index (χ4v) is 14.8. The monoisotopic (exact) mass is 1290 g/mol. The third-order valence-corrected chi connectivity index (χ3v) is 19.5. The number of rotatable bonds is 18. The highest BCUT2D eigenvalue weighted by Crippen LogP contribution is 2.57. The molecule has 2 aromatic rings. The van der Waals surface area contributed by atoms with Crippen molar-refractivity contribution in [1.29, 1.82) is 0 Å². The van der Waals surface area contributed by atoms with Crippen LogP contribution >= 0.6 is 0 Å². The van der Waals surface area contributed by atoms with Gasteiger partial charge in [0.15, 0.2) is 37.0 Å². The van der Waals surface area contributed by atoms with Gasteiger partial charge < -0.3 is 102 Å². The molecule has 0 aromatic heterocycles. The van der Waals surface area contributed by atoms with Crippen molar-refractivity contribution >= 4 is 23.5 Å². The number of phenols is 2. The summed E-state index contributed by atoms with van der Waals surface area (Å²) in [7, 11) is 9.47. The quantitative estimate of drug-likeness (QED) is 0.0376. The maximum atomic E-state index is 15.3. The summed E-state index contributed by atoms with van der Waals surface area (Å²) in [6.07, 6.45) is -21.4. The van der Waals surface area contributed by atoms with Crippen molar-refractivity contribution in [2.24, 2.45) is 0 Å². The lowest BCUT2D eigenvalue weighted by Crippen LogP contribution is -2.71. The van der Waals surface area contributed by atoms with Crippen LogP contribution in [0, 0.1) is 0 Å². The third kappa shape index (κ3) is 12.3. The highest BCUT2D eigenvalue weighted by atomic mass is 16.8. The van der Waals surface area contributed by atoms with Crippen LogP contribution in [0.1, 0.15) is 148 Å². The highest BCUT2D eigenvalue weighted by Gasteiger charge is 2.64. The normalized spacial score (nSPS) is 40.5. The number of aliphatic hydroxyl groups is 3. The fourth-order valence-electron chi connectivity index (χ4n) is 14.8. The van der Waals surface area contributed by atoms with Crippen molar-refractivity contribution < 1.29 is 132 Å². The number of aliphatic carboxylic acids is 1. The molecule has 2 aliphatic carbocycles. The van der Waals surface area contributed by atoms with Crippen molar-refractivity contribution in [2.75, 3.05) is 42.4 Å². The number of aliphatic hydroxyl groups excluding tert-OH is 2. The van der Waals surface area contributed by atoms with Crippen LogP contribution in [0.2, 0.25) is 0 Å². The topological polar surface area (TPSA) is 404 Å². The number of carboxylic acids is 1. The van der Waals surface area contributed by atoms with E-state index in [9.17, 15) is 60.7 Å². The third-order valence-electron chi connectivity index (χ3n) is 19.5. The van der Waals surface area contributed by atoms with Crippen LogP contribution < -0.4 is 4.74 Å². The van der Waals surface area contributed by atoms with Gasteiger partial charge in [0, 0.05) is 81.0 Å². The summed E-state index contributed by atoms with van der Waals surface area (Å²) < 4.78 is 81.2. The van der Waals surface area contributed by atoms with Gasteiger partial charge in [-0.25, -0.2) is 0 Å². The number of aromatic hydroxyl groups is 2. The van der Waals surface area contributed by atoms with Crippen LogP contribution in [0.5, 0.6) is 17.2 Å². The summed E-state index contributed by atoms with van der Waals surface area (Å²) in [5.41, 5.74) is -8.85. The number of carboxylic acid groups (broad SMARTS) is 1. The zero-order valence-corrected chi connectivity index (χ0v) is 53.0. The van der Waals surface area contributed by atoms with E-state index in [0.717, 1.165) is 0 Å². The number of likely N-dealkylation sites (N-methyl/N-ethyl adjacent to an activating group) is 2. The first-order chi connectivity index (χ1) is 42.6. The lowest BCUT2D eigenvalue weighted by molar-refractivity contribution is -0.480. The number of carbonyl (C=O) groups is 4. The van der Waals surface area contributed by atoms with Crippen LogP contribution in [0.4, 0.5) is 0 Å². The molecule has 31 heteroatoms. The number of carbonyl (C=O) groups excluding carboxylic acids is 3. The molecule has 23 unspecified atom stereocenters. The van der Waals surface area contributed by atoms with E-state index < -0.39 is 198 Å². The summed E-state index contributed by atoms with van der Waals surface area (Å²) in [5, 5.41) is 112. The lowest BCUT2D eigenvalue weighted by atomic mass is 9.72. The largest absolute Gasteiger partial charge is 0.507 e. The number of hydroxylamine groups is 4. The van der Waals surface area contributed by atoms with Gasteiger partial charge in [-0.3, -0.25) is 40.0 Å². The van der Waals surface area contributed by atoms with Crippen LogP contribution in [0.25, 0.3) is 0 Å². The van der Waals surface area contributed by atoms with E-state index in [4.69, 9.17) is 66.7 Å². The van der Waals surface area contributed by atoms with Gasteiger partial charge in [-0.1, -0.05) is 11.3 Å². The minimum absolute atomic E-state index is 0.0148. The van der Waals surface area contributed by atoms with Crippen LogP contribution in [0.3, 0.4) is 0 Å². The number of hydrogen-bond donors (Lipinski definition) is 10. The first kappa shape index (κ1) is 69.1. The number of methoxy groups -OCH3 is 2. The molecule has 5 fully saturated rings. The van der Waals surface area contributed by atoms with Gasteiger partial charge in [0.1, 0.15) is 58.9 Å². The second-order valence-corrected chi connectivity index (χ2v) is 26.3. The number of benzene rings is 2. The predicted octanol–water partition coefficient (Wildman–Crippen LogP) is 1.92. The minimum Gasteiger partial charge on any atom is -0.507 e.